The van der Waals surface area contributed by atoms with Gasteiger partial charge in [-0.1, -0.05) is 18.2 Å². The van der Waals surface area contributed by atoms with Gasteiger partial charge in [-0.15, -0.1) is 0 Å². The number of nitrogens with one attached hydrogen (secondary N) is 1. The molecule has 2 aromatic carbocycles. The molecule has 4 rings (SSSR count). The van der Waals surface area contributed by atoms with E-state index in [0.29, 0.717) is 36.4 Å². The van der Waals surface area contributed by atoms with E-state index in [2.05, 4.69) is 9.97 Å². The van der Waals surface area contributed by atoms with Crippen LogP contribution in [-0.4, -0.2) is 39.0 Å². The molecule has 7 nitrogen and oxygen atoms in total. The number of aliphatic hydroxyl groups is 1. The van der Waals surface area contributed by atoms with Gasteiger partial charge in [-0.2, -0.15) is 0 Å². The van der Waals surface area contributed by atoms with Crippen molar-refractivity contribution in [3.05, 3.63) is 69.6 Å². The smallest absolute Gasteiger partial charge is 0.270 e. The molecule has 28 heavy (non-hydrogen) atoms. The molecule has 0 saturated heterocycles. The molecule has 0 spiro atoms. The van der Waals surface area contributed by atoms with Gasteiger partial charge in [-0.25, -0.2) is 4.98 Å². The van der Waals surface area contributed by atoms with Crippen molar-refractivity contribution in [3.63, 3.8) is 0 Å². The number of fused-ring (bicyclic) bond motifs is 2. The van der Waals surface area contributed by atoms with Crippen LogP contribution in [0.5, 0.6) is 5.75 Å². The van der Waals surface area contributed by atoms with E-state index in [4.69, 9.17) is 4.74 Å². The topological polar surface area (TPSA) is 95.5 Å². The first-order chi connectivity index (χ1) is 13.6. The van der Waals surface area contributed by atoms with E-state index in [1.807, 2.05) is 36.4 Å². The number of benzene rings is 2. The van der Waals surface area contributed by atoms with Gasteiger partial charge in [-0.05, 0) is 29.8 Å². The molecule has 0 saturated carbocycles. The fourth-order valence-corrected chi connectivity index (χ4v) is 3.38. The van der Waals surface area contributed by atoms with E-state index < -0.39 is 0 Å². The van der Waals surface area contributed by atoms with Gasteiger partial charge in [0, 0.05) is 24.9 Å². The first-order valence-corrected chi connectivity index (χ1v) is 9.25. The third kappa shape index (κ3) is 3.75. The third-order valence-corrected chi connectivity index (χ3v) is 4.89. The van der Waals surface area contributed by atoms with E-state index in [-0.39, 0.29) is 30.9 Å². The Morgan fingerprint density at radius 1 is 1.25 bits per heavy atom. The summed E-state index contributed by atoms with van der Waals surface area (Å²) in [4.78, 5) is 33.9. The number of hydrogen-bond acceptors (Lipinski definition) is 5. The number of carbonyl (C=O) groups excluding carboxylic acids is 1. The van der Waals surface area contributed by atoms with Gasteiger partial charge >= 0.3 is 0 Å². The monoisotopic (exact) mass is 379 g/mol. The summed E-state index contributed by atoms with van der Waals surface area (Å²) in [5.74, 6) is 0.681. The molecule has 2 N–H and O–H groups in total. The Bertz CT molecular complexity index is 1080. The van der Waals surface area contributed by atoms with Gasteiger partial charge in [0.05, 0.1) is 24.2 Å². The minimum atomic E-state index is -0.261. The van der Waals surface area contributed by atoms with Gasteiger partial charge in [-0.3, -0.25) is 9.59 Å². The number of amides is 1. The number of aromatic amines is 1. The van der Waals surface area contributed by atoms with Crippen LogP contribution in [0.15, 0.2) is 47.3 Å². The number of rotatable bonds is 4. The van der Waals surface area contributed by atoms with Crippen molar-refractivity contribution < 1.29 is 14.6 Å². The molecule has 0 aliphatic carbocycles. The lowest BCUT2D eigenvalue weighted by atomic mass is 10.1. The Morgan fingerprint density at radius 3 is 2.96 bits per heavy atom. The number of H-pyrrole nitrogens is 1. The normalized spacial score (nSPS) is 13.7. The Labute approximate surface area is 161 Å². The predicted molar refractivity (Wildman–Crippen MR) is 104 cm³/mol. The molecular weight excluding hydrogens is 358 g/mol. The second-order valence-electron chi connectivity index (χ2n) is 6.79. The zero-order chi connectivity index (χ0) is 19.5. The number of aryl methyl sites for hydroxylation is 1. The van der Waals surface area contributed by atoms with E-state index >= 15 is 0 Å². The van der Waals surface area contributed by atoms with E-state index in [1.165, 1.54) is 0 Å². The van der Waals surface area contributed by atoms with Gasteiger partial charge in [0.25, 0.3) is 5.56 Å². The van der Waals surface area contributed by atoms with Crippen molar-refractivity contribution in [2.75, 3.05) is 13.2 Å². The summed E-state index contributed by atoms with van der Waals surface area (Å²) in [6, 6.07) is 12.8. The SMILES string of the molecule is O=C(CCc1nc2ccccc2[nH]c1=O)N1CCOc2ccc(CO)cc2C1. The number of nitrogens with zero attached hydrogens (tertiary/aromatic N) is 2. The summed E-state index contributed by atoms with van der Waals surface area (Å²) in [6.07, 6.45) is 0.476. The Kier molecular flexibility index (Phi) is 5.08. The number of carbonyl (C=O) groups is 1. The van der Waals surface area contributed by atoms with Crippen LogP contribution in [0.25, 0.3) is 11.0 Å². The highest BCUT2D eigenvalue weighted by atomic mass is 16.5. The minimum Gasteiger partial charge on any atom is -0.491 e. The first kappa shape index (κ1) is 18.2. The summed E-state index contributed by atoms with van der Waals surface area (Å²) < 4.78 is 5.72. The molecular formula is C21H21N3O4. The standard InChI is InChI=1S/C21H21N3O4/c25-13-14-5-7-19-15(11-14)12-24(9-10-28-19)20(26)8-6-18-21(27)23-17-4-2-1-3-16(17)22-18/h1-5,7,11,25H,6,8-10,12-13H2,(H,23,27). The number of aromatic nitrogens is 2. The van der Waals surface area contributed by atoms with Crippen molar-refractivity contribution >= 4 is 16.9 Å². The zero-order valence-corrected chi connectivity index (χ0v) is 15.4. The molecule has 0 unspecified atom stereocenters. The van der Waals surface area contributed by atoms with E-state index in [9.17, 15) is 14.7 Å². The molecule has 2 heterocycles. The molecule has 1 aliphatic heterocycles. The molecule has 1 aliphatic rings. The number of para-hydroxylation sites is 2. The van der Waals surface area contributed by atoms with Crippen molar-refractivity contribution in [2.45, 2.75) is 26.0 Å². The second kappa shape index (κ2) is 7.82. The second-order valence-corrected chi connectivity index (χ2v) is 6.79. The molecule has 144 valence electrons. The van der Waals surface area contributed by atoms with Crippen molar-refractivity contribution in [2.24, 2.45) is 0 Å². The molecule has 0 radical (unpaired) electrons. The predicted octanol–water partition coefficient (Wildman–Crippen LogP) is 1.77. The minimum absolute atomic E-state index is 0.0554. The van der Waals surface area contributed by atoms with Crippen LogP contribution in [0.2, 0.25) is 0 Å². The van der Waals surface area contributed by atoms with Crippen LogP contribution in [0, 0.1) is 0 Å². The van der Waals surface area contributed by atoms with E-state index in [0.717, 1.165) is 16.9 Å². The summed E-state index contributed by atoms with van der Waals surface area (Å²) >= 11 is 0. The summed E-state index contributed by atoms with van der Waals surface area (Å²) in [5, 5.41) is 9.34. The maximum atomic E-state index is 12.7. The summed E-state index contributed by atoms with van der Waals surface area (Å²) in [7, 11) is 0. The van der Waals surface area contributed by atoms with Gasteiger partial charge < -0.3 is 19.7 Å². The largest absolute Gasteiger partial charge is 0.491 e. The Hall–Kier alpha value is -3.19. The summed E-state index contributed by atoms with van der Waals surface area (Å²) in [6.45, 7) is 1.25. The average molecular weight is 379 g/mol. The molecule has 7 heteroatoms. The molecule has 1 amide bonds. The quantitative estimate of drug-likeness (QED) is 0.720. The van der Waals surface area contributed by atoms with Crippen molar-refractivity contribution in [3.8, 4) is 5.75 Å². The van der Waals surface area contributed by atoms with Crippen LogP contribution in [-0.2, 0) is 24.4 Å². The number of hydrogen-bond donors (Lipinski definition) is 2. The highest BCUT2D eigenvalue weighted by molar-refractivity contribution is 5.77. The lowest BCUT2D eigenvalue weighted by Gasteiger charge is -2.20. The Morgan fingerprint density at radius 2 is 2.11 bits per heavy atom. The molecule has 3 aromatic rings. The fraction of sp³-hybridized carbons (Fsp3) is 0.286. The maximum absolute atomic E-state index is 12.7. The van der Waals surface area contributed by atoms with Gasteiger partial charge in [0.2, 0.25) is 5.91 Å². The zero-order valence-electron chi connectivity index (χ0n) is 15.4. The lowest BCUT2D eigenvalue weighted by molar-refractivity contribution is -0.131. The van der Waals surface area contributed by atoms with E-state index in [1.54, 1.807) is 11.0 Å². The molecule has 0 atom stereocenters. The fourth-order valence-electron chi connectivity index (χ4n) is 3.38. The van der Waals surface area contributed by atoms with Crippen LogP contribution in [0.1, 0.15) is 23.2 Å². The van der Waals surface area contributed by atoms with Crippen molar-refractivity contribution in [1.29, 1.82) is 0 Å². The number of aliphatic hydroxyl groups excluding tert-OH is 1. The van der Waals surface area contributed by atoms with Crippen molar-refractivity contribution in [1.82, 2.24) is 14.9 Å². The third-order valence-electron chi connectivity index (χ3n) is 4.89. The van der Waals surface area contributed by atoms with Crippen LogP contribution in [0.4, 0.5) is 0 Å². The summed E-state index contributed by atoms with van der Waals surface area (Å²) in [5.41, 5.74) is 3.15. The highest BCUT2D eigenvalue weighted by Crippen LogP contribution is 2.25. The highest BCUT2D eigenvalue weighted by Gasteiger charge is 2.20. The van der Waals surface area contributed by atoms with Gasteiger partial charge in [0.15, 0.2) is 0 Å². The molecule has 1 aromatic heterocycles. The van der Waals surface area contributed by atoms with Crippen LogP contribution >= 0.6 is 0 Å². The van der Waals surface area contributed by atoms with Crippen LogP contribution in [0.3, 0.4) is 0 Å². The molecule has 0 fully saturated rings. The average Bonchev–Trinajstić information content (AvgIpc) is 2.93. The number of ether oxygens (including phenoxy) is 1. The van der Waals surface area contributed by atoms with Gasteiger partial charge in [0.1, 0.15) is 18.1 Å². The van der Waals surface area contributed by atoms with Crippen LogP contribution < -0.4 is 10.3 Å². The molecule has 0 bridgehead atoms. The Balaban J connectivity index is 1.47. The maximum Gasteiger partial charge on any atom is 0.270 e. The first-order valence-electron chi connectivity index (χ1n) is 9.25. The lowest BCUT2D eigenvalue weighted by Crippen LogP contribution is -2.33.